The van der Waals surface area contributed by atoms with Crippen LogP contribution in [-0.2, 0) is 14.3 Å². The summed E-state index contributed by atoms with van der Waals surface area (Å²) in [4.78, 5) is 12.0. The van der Waals surface area contributed by atoms with Gasteiger partial charge in [0.05, 0.1) is 19.6 Å². The standard InChI is InChI=1S/C40H78O3S/c1-3-5-7-9-11-13-15-17-19-21-23-25-27-29-31-33-37-42-39(41)35-36-40(44)43-38-34-32-30-28-26-24-22-20-18-16-14-12-10-8-6-4-2/h3-38H2,1-2H3. The number of esters is 1. The third-order valence-corrected chi connectivity index (χ3v) is 9.38. The van der Waals surface area contributed by atoms with Crippen LogP contribution in [0.5, 0.6) is 0 Å². The van der Waals surface area contributed by atoms with Gasteiger partial charge in [-0.15, -0.1) is 0 Å². The molecule has 0 aliphatic rings. The Bertz CT molecular complexity index is 529. The molecule has 44 heavy (non-hydrogen) atoms. The SMILES string of the molecule is CCCCCCCCCCCCCCCCCCOC(=O)CCC(=S)OCCCCCCCCCCCCCCCCCC. The minimum Gasteiger partial charge on any atom is -0.487 e. The largest absolute Gasteiger partial charge is 0.487 e. The van der Waals surface area contributed by atoms with E-state index in [1.165, 1.54) is 186 Å². The van der Waals surface area contributed by atoms with Gasteiger partial charge < -0.3 is 9.47 Å². The summed E-state index contributed by atoms with van der Waals surface area (Å²) >= 11 is 5.31. The third kappa shape index (κ3) is 37.5. The van der Waals surface area contributed by atoms with Crippen molar-refractivity contribution in [1.82, 2.24) is 0 Å². The Morgan fingerprint density at radius 3 is 0.909 bits per heavy atom. The van der Waals surface area contributed by atoms with E-state index in [1.54, 1.807) is 0 Å². The predicted octanol–water partition coefficient (Wildman–Crippen LogP) is 14.2. The lowest BCUT2D eigenvalue weighted by molar-refractivity contribution is -0.143. The lowest BCUT2D eigenvalue weighted by Crippen LogP contribution is -2.10. The summed E-state index contributed by atoms with van der Waals surface area (Å²) in [6.45, 7) is 5.81. The third-order valence-electron chi connectivity index (χ3n) is 9.06. The van der Waals surface area contributed by atoms with Crippen molar-refractivity contribution in [3.05, 3.63) is 0 Å². The van der Waals surface area contributed by atoms with Crippen molar-refractivity contribution in [2.45, 2.75) is 232 Å². The Labute approximate surface area is 282 Å². The Balaban J connectivity index is 3.26. The van der Waals surface area contributed by atoms with Crippen molar-refractivity contribution in [3.8, 4) is 0 Å². The molecule has 0 saturated carbocycles. The molecule has 0 aliphatic carbocycles. The number of carbonyl (C=O) groups is 1. The summed E-state index contributed by atoms with van der Waals surface area (Å²) in [6, 6.07) is 0. The topological polar surface area (TPSA) is 35.5 Å². The average Bonchev–Trinajstić information content (AvgIpc) is 3.03. The number of ether oxygens (including phenoxy) is 2. The van der Waals surface area contributed by atoms with Crippen LogP contribution in [0.3, 0.4) is 0 Å². The maximum Gasteiger partial charge on any atom is 0.306 e. The van der Waals surface area contributed by atoms with Crippen molar-refractivity contribution in [3.63, 3.8) is 0 Å². The predicted molar refractivity (Wildman–Crippen MR) is 198 cm³/mol. The summed E-state index contributed by atoms with van der Waals surface area (Å²) < 4.78 is 11.1. The van der Waals surface area contributed by atoms with E-state index in [1.807, 2.05) is 0 Å². The molecule has 0 aromatic heterocycles. The molecule has 0 fully saturated rings. The second-order valence-corrected chi connectivity index (χ2v) is 14.0. The van der Waals surface area contributed by atoms with Crippen LogP contribution in [0.25, 0.3) is 0 Å². The van der Waals surface area contributed by atoms with Gasteiger partial charge >= 0.3 is 5.97 Å². The van der Waals surface area contributed by atoms with Gasteiger partial charge in [-0.1, -0.05) is 206 Å². The fraction of sp³-hybridized carbons (Fsp3) is 0.950. The van der Waals surface area contributed by atoms with Crippen LogP contribution in [0.1, 0.15) is 232 Å². The van der Waals surface area contributed by atoms with E-state index in [-0.39, 0.29) is 5.97 Å². The number of rotatable bonds is 37. The first-order valence-corrected chi connectivity index (χ1v) is 20.4. The molecule has 0 saturated heterocycles. The van der Waals surface area contributed by atoms with Crippen molar-refractivity contribution in [2.75, 3.05) is 13.2 Å². The number of hydrogen-bond donors (Lipinski definition) is 0. The van der Waals surface area contributed by atoms with Gasteiger partial charge in [-0.3, -0.25) is 4.79 Å². The molecule has 0 N–H and O–H groups in total. The van der Waals surface area contributed by atoms with E-state index < -0.39 is 0 Å². The van der Waals surface area contributed by atoms with Crippen LogP contribution in [-0.4, -0.2) is 24.2 Å². The van der Waals surface area contributed by atoms with Gasteiger partial charge in [-0.25, -0.2) is 0 Å². The molecule has 0 bridgehead atoms. The first-order valence-electron chi connectivity index (χ1n) is 20.0. The number of carbonyl (C=O) groups excluding carboxylic acids is 1. The first kappa shape index (κ1) is 43.4. The van der Waals surface area contributed by atoms with Gasteiger partial charge in [-0.05, 0) is 25.1 Å². The van der Waals surface area contributed by atoms with Crippen LogP contribution in [0.15, 0.2) is 0 Å². The highest BCUT2D eigenvalue weighted by molar-refractivity contribution is 7.80. The number of thiocarbonyl (C=S) groups is 1. The fourth-order valence-corrected chi connectivity index (χ4v) is 6.21. The van der Waals surface area contributed by atoms with Gasteiger partial charge in [0, 0.05) is 6.42 Å². The molecule has 0 radical (unpaired) electrons. The summed E-state index contributed by atoms with van der Waals surface area (Å²) in [5.74, 6) is -0.140. The van der Waals surface area contributed by atoms with E-state index >= 15 is 0 Å². The summed E-state index contributed by atoms with van der Waals surface area (Å²) in [5.41, 5.74) is 0. The molecule has 0 aromatic carbocycles. The average molecular weight is 639 g/mol. The van der Waals surface area contributed by atoms with Crippen molar-refractivity contribution in [2.24, 2.45) is 0 Å². The van der Waals surface area contributed by atoms with Crippen molar-refractivity contribution >= 4 is 23.2 Å². The van der Waals surface area contributed by atoms with E-state index in [0.29, 0.717) is 31.1 Å². The maximum atomic E-state index is 12.0. The fourth-order valence-electron chi connectivity index (χ4n) is 6.02. The van der Waals surface area contributed by atoms with E-state index in [2.05, 4.69) is 13.8 Å². The van der Waals surface area contributed by atoms with Crippen molar-refractivity contribution in [1.29, 1.82) is 0 Å². The smallest absolute Gasteiger partial charge is 0.306 e. The zero-order valence-corrected chi connectivity index (χ0v) is 30.9. The lowest BCUT2D eigenvalue weighted by atomic mass is 10.0. The molecule has 0 amide bonds. The second-order valence-electron chi connectivity index (χ2n) is 13.5. The zero-order chi connectivity index (χ0) is 32.0. The summed E-state index contributed by atoms with van der Waals surface area (Å²) in [6.07, 6.45) is 44.4. The molecule has 0 aromatic rings. The normalized spacial score (nSPS) is 11.2. The Kier molecular flexibility index (Phi) is 38.0. The molecular formula is C40H78O3S. The molecule has 0 aliphatic heterocycles. The molecule has 0 atom stereocenters. The van der Waals surface area contributed by atoms with Gasteiger partial charge in [0.2, 0.25) is 0 Å². The minimum absolute atomic E-state index is 0.140. The van der Waals surface area contributed by atoms with E-state index in [0.717, 1.165) is 19.3 Å². The number of unbranched alkanes of at least 4 members (excludes halogenated alkanes) is 30. The highest BCUT2D eigenvalue weighted by Gasteiger charge is 2.06. The highest BCUT2D eigenvalue weighted by Crippen LogP contribution is 2.15. The molecule has 262 valence electrons. The maximum absolute atomic E-state index is 12.0. The van der Waals surface area contributed by atoms with Crippen LogP contribution in [0.4, 0.5) is 0 Å². The Morgan fingerprint density at radius 2 is 0.614 bits per heavy atom. The highest BCUT2D eigenvalue weighted by atomic mass is 32.1. The second kappa shape index (κ2) is 38.5. The van der Waals surface area contributed by atoms with Crippen LogP contribution in [0.2, 0.25) is 0 Å². The molecule has 0 unspecified atom stereocenters. The Hall–Kier alpha value is -0.640. The molecule has 0 rings (SSSR count). The monoisotopic (exact) mass is 639 g/mol. The van der Waals surface area contributed by atoms with Crippen LogP contribution in [0, 0.1) is 0 Å². The van der Waals surface area contributed by atoms with Gasteiger partial charge in [-0.2, -0.15) is 0 Å². The van der Waals surface area contributed by atoms with Gasteiger partial charge in [0.1, 0.15) is 0 Å². The van der Waals surface area contributed by atoms with Gasteiger partial charge in [0.15, 0.2) is 5.05 Å². The quantitative estimate of drug-likeness (QED) is 0.0385. The Morgan fingerprint density at radius 1 is 0.364 bits per heavy atom. The van der Waals surface area contributed by atoms with Gasteiger partial charge in [0.25, 0.3) is 0 Å². The molecule has 4 heteroatoms. The van der Waals surface area contributed by atoms with E-state index in [9.17, 15) is 4.79 Å². The van der Waals surface area contributed by atoms with Crippen molar-refractivity contribution < 1.29 is 14.3 Å². The van der Waals surface area contributed by atoms with Crippen LogP contribution >= 0.6 is 12.2 Å². The van der Waals surface area contributed by atoms with Crippen LogP contribution < -0.4 is 0 Å². The summed E-state index contributed by atoms with van der Waals surface area (Å²) in [7, 11) is 0. The number of hydrogen-bond acceptors (Lipinski definition) is 4. The molecular weight excluding hydrogens is 561 g/mol. The van der Waals surface area contributed by atoms with E-state index in [4.69, 9.17) is 21.7 Å². The molecule has 0 spiro atoms. The zero-order valence-electron chi connectivity index (χ0n) is 30.1. The molecule has 3 nitrogen and oxygen atoms in total. The minimum atomic E-state index is -0.140. The first-order chi connectivity index (χ1) is 21.7. The lowest BCUT2D eigenvalue weighted by Gasteiger charge is -2.08. The summed E-state index contributed by atoms with van der Waals surface area (Å²) in [5, 5.41) is 0.560. The molecule has 0 heterocycles.